The summed E-state index contributed by atoms with van der Waals surface area (Å²) >= 11 is 0. The van der Waals surface area contributed by atoms with Crippen LogP contribution in [0.25, 0.3) is 0 Å². The van der Waals surface area contributed by atoms with Crippen LogP contribution in [0.2, 0.25) is 0 Å². The minimum Gasteiger partial charge on any atom is -0.458 e. The van der Waals surface area contributed by atoms with E-state index in [-0.39, 0.29) is 30.3 Å². The summed E-state index contributed by atoms with van der Waals surface area (Å²) in [6.45, 7) is 15.8. The molecule has 90 valence electrons. The van der Waals surface area contributed by atoms with Gasteiger partial charge in [0.2, 0.25) is 0 Å². The summed E-state index contributed by atoms with van der Waals surface area (Å²) in [7, 11) is 0. The third kappa shape index (κ3) is 5.60. The van der Waals surface area contributed by atoms with Gasteiger partial charge in [-0.1, -0.05) is 55.5 Å². The van der Waals surface area contributed by atoms with Gasteiger partial charge in [0, 0.05) is 6.08 Å². The van der Waals surface area contributed by atoms with Crippen molar-refractivity contribution in [2.45, 2.75) is 55.1 Å². The summed E-state index contributed by atoms with van der Waals surface area (Å²) < 4.78 is 5.37. The van der Waals surface area contributed by atoms with Crippen LogP contribution in [0, 0.1) is 10.8 Å². The zero-order chi connectivity index (χ0) is 11.6. The van der Waals surface area contributed by atoms with E-state index in [0.29, 0.717) is 0 Å². The Morgan fingerprint density at radius 3 is 1.67 bits per heavy atom. The van der Waals surface area contributed by atoms with E-state index in [2.05, 4.69) is 48.1 Å². The molecule has 0 atom stereocenters. The minimum atomic E-state index is -0.347. The predicted molar refractivity (Wildman–Crippen MR) is 65.7 cm³/mol. The van der Waals surface area contributed by atoms with Crippen molar-refractivity contribution in [2.75, 3.05) is 0 Å². The maximum atomic E-state index is 11.2. The Hall–Kier alpha value is -0.790. The molecule has 0 bridgehead atoms. The first kappa shape index (κ1) is 16.6. The second-order valence-corrected chi connectivity index (χ2v) is 5.75. The number of hydrogen-bond acceptors (Lipinski definition) is 2. The van der Waals surface area contributed by atoms with E-state index < -0.39 is 0 Å². The van der Waals surface area contributed by atoms with Gasteiger partial charge >= 0.3 is 5.97 Å². The van der Waals surface area contributed by atoms with E-state index in [1.807, 2.05) is 0 Å². The number of esters is 1. The van der Waals surface area contributed by atoms with Gasteiger partial charge in [0.05, 0.1) is 0 Å². The molecule has 0 aromatic heterocycles. The third-order valence-electron chi connectivity index (χ3n) is 1.97. The fourth-order valence-electron chi connectivity index (χ4n) is 1.82. The zero-order valence-corrected chi connectivity index (χ0v) is 10.2. The standard InChI is InChI=1S/C12H22O2.CH4/c1-8-9(13)14-10(11(2,3)4)12(5,6)7;/h8,10H,1H2,2-7H3;1H4. The lowest BCUT2D eigenvalue weighted by Crippen LogP contribution is -2.41. The molecule has 0 heterocycles. The highest BCUT2D eigenvalue weighted by molar-refractivity contribution is 5.81. The Morgan fingerprint density at radius 2 is 1.47 bits per heavy atom. The number of rotatable bonds is 2. The van der Waals surface area contributed by atoms with Crippen LogP contribution >= 0.6 is 0 Å². The molecule has 0 radical (unpaired) electrons. The first-order chi connectivity index (χ1) is 6.09. The number of hydrogen-bond donors (Lipinski definition) is 0. The maximum absolute atomic E-state index is 11.2. The summed E-state index contributed by atoms with van der Waals surface area (Å²) in [5.74, 6) is -0.347. The molecular formula is C13H26O2. The van der Waals surface area contributed by atoms with Gasteiger partial charge in [0.15, 0.2) is 0 Å². The molecule has 0 saturated carbocycles. The quantitative estimate of drug-likeness (QED) is 0.516. The molecule has 2 nitrogen and oxygen atoms in total. The van der Waals surface area contributed by atoms with Gasteiger partial charge in [0.1, 0.15) is 6.10 Å². The molecule has 15 heavy (non-hydrogen) atoms. The van der Waals surface area contributed by atoms with Crippen LogP contribution in [0.4, 0.5) is 0 Å². The maximum Gasteiger partial charge on any atom is 0.330 e. The summed E-state index contributed by atoms with van der Waals surface area (Å²) in [6.07, 6.45) is 1.10. The second kappa shape index (κ2) is 5.34. The van der Waals surface area contributed by atoms with Crippen molar-refractivity contribution < 1.29 is 9.53 Å². The number of ether oxygens (including phenoxy) is 1. The van der Waals surface area contributed by atoms with Crippen LogP contribution in [0.15, 0.2) is 12.7 Å². The minimum absolute atomic E-state index is 0. The Kier molecular flexibility index (Phi) is 5.92. The van der Waals surface area contributed by atoms with Crippen molar-refractivity contribution in [3.8, 4) is 0 Å². The number of carbonyl (C=O) groups is 1. The fraction of sp³-hybridized carbons (Fsp3) is 0.769. The van der Waals surface area contributed by atoms with Crippen molar-refractivity contribution in [1.82, 2.24) is 0 Å². The van der Waals surface area contributed by atoms with Gasteiger partial charge in [-0.2, -0.15) is 0 Å². The SMILES string of the molecule is C.C=CC(=O)OC(C(C)(C)C)C(C)(C)C. The predicted octanol–water partition coefficient (Wildman–Crippen LogP) is 3.81. The summed E-state index contributed by atoms with van der Waals surface area (Å²) in [4.78, 5) is 11.2. The molecule has 0 aromatic rings. The second-order valence-electron chi connectivity index (χ2n) is 5.75. The molecule has 0 aromatic carbocycles. The molecule has 0 saturated heterocycles. The van der Waals surface area contributed by atoms with Crippen molar-refractivity contribution in [2.24, 2.45) is 10.8 Å². The Bertz CT molecular complexity index is 202. The Morgan fingerprint density at radius 1 is 1.13 bits per heavy atom. The topological polar surface area (TPSA) is 26.3 Å². The molecule has 0 amide bonds. The highest BCUT2D eigenvalue weighted by Crippen LogP contribution is 2.35. The van der Waals surface area contributed by atoms with Crippen molar-refractivity contribution in [1.29, 1.82) is 0 Å². The molecule has 0 fully saturated rings. The van der Waals surface area contributed by atoms with Crippen LogP contribution < -0.4 is 0 Å². The molecule has 0 aliphatic carbocycles. The van der Waals surface area contributed by atoms with E-state index in [0.717, 1.165) is 0 Å². The lowest BCUT2D eigenvalue weighted by atomic mass is 9.74. The Balaban J connectivity index is 0. The van der Waals surface area contributed by atoms with E-state index in [1.165, 1.54) is 6.08 Å². The number of carbonyl (C=O) groups excluding carboxylic acids is 1. The van der Waals surface area contributed by atoms with E-state index in [9.17, 15) is 4.79 Å². The molecule has 0 unspecified atom stereocenters. The van der Waals surface area contributed by atoms with Gasteiger partial charge in [-0.25, -0.2) is 4.79 Å². The van der Waals surface area contributed by atoms with Gasteiger partial charge in [-0.15, -0.1) is 0 Å². The first-order valence-corrected chi connectivity index (χ1v) is 4.92. The summed E-state index contributed by atoms with van der Waals surface area (Å²) in [5.41, 5.74) is -0.117. The Labute approximate surface area is 94.7 Å². The molecule has 0 spiro atoms. The summed E-state index contributed by atoms with van der Waals surface area (Å²) in [6, 6.07) is 0. The van der Waals surface area contributed by atoms with E-state index in [4.69, 9.17) is 4.74 Å². The first-order valence-electron chi connectivity index (χ1n) is 4.92. The average Bonchev–Trinajstić information content (AvgIpc) is 1.95. The third-order valence-corrected chi connectivity index (χ3v) is 1.97. The summed E-state index contributed by atoms with van der Waals surface area (Å²) in [5, 5.41) is 0. The van der Waals surface area contributed by atoms with Gasteiger partial charge < -0.3 is 4.74 Å². The normalized spacial score (nSPS) is 11.9. The van der Waals surface area contributed by atoms with E-state index in [1.54, 1.807) is 0 Å². The average molecular weight is 214 g/mol. The fourth-order valence-corrected chi connectivity index (χ4v) is 1.82. The van der Waals surface area contributed by atoms with Crippen molar-refractivity contribution in [3.63, 3.8) is 0 Å². The van der Waals surface area contributed by atoms with Gasteiger partial charge in [0.25, 0.3) is 0 Å². The monoisotopic (exact) mass is 214 g/mol. The van der Waals surface area contributed by atoms with Crippen LogP contribution in [-0.4, -0.2) is 12.1 Å². The van der Waals surface area contributed by atoms with E-state index >= 15 is 0 Å². The molecule has 0 rings (SSSR count). The molecule has 0 aliphatic rings. The molecule has 2 heteroatoms. The van der Waals surface area contributed by atoms with Crippen LogP contribution in [0.1, 0.15) is 49.0 Å². The molecular weight excluding hydrogens is 188 g/mol. The lowest BCUT2D eigenvalue weighted by molar-refractivity contribution is -0.157. The van der Waals surface area contributed by atoms with Crippen LogP contribution in [-0.2, 0) is 9.53 Å². The van der Waals surface area contributed by atoms with Gasteiger partial charge in [-0.3, -0.25) is 0 Å². The van der Waals surface area contributed by atoms with Crippen molar-refractivity contribution >= 4 is 5.97 Å². The highest BCUT2D eigenvalue weighted by Gasteiger charge is 2.37. The molecule has 0 aliphatic heterocycles. The van der Waals surface area contributed by atoms with Crippen LogP contribution in [0.3, 0.4) is 0 Å². The van der Waals surface area contributed by atoms with Crippen LogP contribution in [0.5, 0.6) is 0 Å². The molecule has 0 N–H and O–H groups in total. The highest BCUT2D eigenvalue weighted by atomic mass is 16.5. The smallest absolute Gasteiger partial charge is 0.330 e. The van der Waals surface area contributed by atoms with Gasteiger partial charge in [-0.05, 0) is 10.8 Å². The largest absolute Gasteiger partial charge is 0.458 e. The van der Waals surface area contributed by atoms with Crippen molar-refractivity contribution in [3.05, 3.63) is 12.7 Å². The lowest BCUT2D eigenvalue weighted by Gasteiger charge is -2.39. The zero-order valence-electron chi connectivity index (χ0n) is 10.2.